The van der Waals surface area contributed by atoms with E-state index in [1.165, 1.54) is 25.5 Å². The van der Waals surface area contributed by atoms with Crippen molar-refractivity contribution in [1.82, 2.24) is 0 Å². The normalized spacial score (nSPS) is 79.9. The molecule has 9 bridgehead atoms. The van der Waals surface area contributed by atoms with Gasteiger partial charge < -0.3 is 14.6 Å². The summed E-state index contributed by atoms with van der Waals surface area (Å²) < 4.78 is 6.75. The molecule has 23 heavy (non-hydrogen) atoms. The van der Waals surface area contributed by atoms with Crippen LogP contribution >= 0.6 is 0 Å². The quantitative estimate of drug-likeness (QED) is 0.750. The maximum atomic E-state index is 12.7. The Bertz CT molecular complexity index is 661. The van der Waals surface area contributed by atoms with Crippen LogP contribution in [-0.2, 0) is 9.53 Å². The molecule has 0 amide bonds. The highest BCUT2D eigenvalue weighted by atomic mass is 16.5. The van der Waals surface area contributed by atoms with Crippen LogP contribution in [0.4, 0.5) is 0 Å². The van der Waals surface area contributed by atoms with Crippen molar-refractivity contribution in [3.8, 4) is 0 Å². The molecule has 15 atom stereocenters. The number of carbonyl (C=O) groups is 1. The van der Waals surface area contributed by atoms with Crippen molar-refractivity contribution in [2.24, 2.45) is 70.5 Å². The molecule has 9 aliphatic rings. The minimum absolute atomic E-state index is 0.139. The highest BCUT2D eigenvalue weighted by Crippen LogP contribution is 2.89. The third-order valence-corrected chi connectivity index (χ3v) is 10.8. The van der Waals surface area contributed by atoms with Gasteiger partial charge in [-0.1, -0.05) is 0 Å². The molecule has 1 saturated heterocycles. The molecule has 8 aliphatic carbocycles. The number of aliphatic hydroxyl groups excluding tert-OH is 1. The molecular weight excluding hydrogens is 288 g/mol. The molecule has 122 valence electrons. The van der Waals surface area contributed by atoms with Crippen molar-refractivity contribution in [3.05, 3.63) is 0 Å². The Kier molecular flexibility index (Phi) is 1.67. The first-order chi connectivity index (χ1) is 11.3. The molecule has 8 saturated carbocycles. The van der Waals surface area contributed by atoms with Crippen molar-refractivity contribution in [2.75, 3.05) is 0 Å². The van der Waals surface area contributed by atoms with Crippen LogP contribution in [0.15, 0.2) is 0 Å². The number of hydrogen-bond acceptors (Lipinski definition) is 3. The van der Waals surface area contributed by atoms with Gasteiger partial charge in [0.25, 0.3) is 0 Å². The van der Waals surface area contributed by atoms with Gasteiger partial charge in [0.05, 0.1) is 23.7 Å². The minimum Gasteiger partial charge on any atom is -0.393 e. The molecule has 9 rings (SSSR count). The maximum absolute atomic E-state index is 12.7. The minimum atomic E-state index is -0.202. The first-order valence-electron chi connectivity index (χ1n) is 10.1. The van der Waals surface area contributed by atoms with Gasteiger partial charge >= 0.3 is 0 Å². The lowest BCUT2D eigenvalue weighted by Gasteiger charge is -2.54. The van der Waals surface area contributed by atoms with Gasteiger partial charge in [0.15, 0.2) is 0 Å². The van der Waals surface area contributed by atoms with Gasteiger partial charge in [-0.25, -0.2) is 0 Å². The summed E-state index contributed by atoms with van der Waals surface area (Å²) in [6.07, 6.45) is 6.70. The van der Waals surface area contributed by atoms with Gasteiger partial charge in [0, 0.05) is 0 Å². The fourth-order valence-corrected chi connectivity index (χ4v) is 11.3. The summed E-state index contributed by atoms with van der Waals surface area (Å²) in [6, 6.07) is 0. The highest BCUT2D eigenvalue weighted by molar-refractivity contribution is 5.67. The standard InChI is InChI=1S/C20H24O3/c21-5-20-17-7-2-4-9-11(7)13-15(17)14-12(16(13)19(20)23-9)6-1-3-8(22)10(6)18(14)20/h5-19,22H,1-4H2/t6-,7-,8-,9-,10-,11+,12+,13-,14-,15+,16-,17+,18+,19+,20+/m1/s1. The lowest BCUT2D eigenvalue weighted by molar-refractivity contribution is -0.206. The first kappa shape index (κ1) is 12.0. The molecule has 3 nitrogen and oxygen atoms in total. The number of hydrogen-bond donors (Lipinski definition) is 1. The fraction of sp³-hybridized carbons (Fsp3) is 0.950. The Morgan fingerprint density at radius 2 is 1.65 bits per heavy atom. The van der Waals surface area contributed by atoms with Crippen LogP contribution in [0.25, 0.3) is 0 Å². The Labute approximate surface area is 136 Å². The molecule has 0 spiro atoms. The van der Waals surface area contributed by atoms with Gasteiger partial charge in [0.2, 0.25) is 0 Å². The van der Waals surface area contributed by atoms with Crippen LogP contribution in [-0.4, -0.2) is 29.7 Å². The van der Waals surface area contributed by atoms with E-state index in [2.05, 4.69) is 0 Å². The molecule has 0 unspecified atom stereocenters. The van der Waals surface area contributed by atoms with Gasteiger partial charge in [-0.2, -0.15) is 0 Å². The van der Waals surface area contributed by atoms with Crippen molar-refractivity contribution >= 4 is 6.29 Å². The Morgan fingerprint density at radius 1 is 0.826 bits per heavy atom. The van der Waals surface area contributed by atoms with E-state index in [0.29, 0.717) is 35.7 Å². The summed E-state index contributed by atoms with van der Waals surface area (Å²) in [5.41, 5.74) is -0.202. The lowest BCUT2D eigenvalue weighted by Crippen LogP contribution is -2.59. The van der Waals surface area contributed by atoms with E-state index in [1.807, 2.05) is 0 Å². The number of aliphatic hydroxyl groups is 1. The maximum Gasteiger partial charge on any atom is 0.129 e. The lowest BCUT2D eigenvalue weighted by atomic mass is 9.55. The number of ether oxygens (including phenoxy) is 1. The van der Waals surface area contributed by atoms with Crippen molar-refractivity contribution in [1.29, 1.82) is 0 Å². The summed E-state index contributed by atoms with van der Waals surface area (Å²) in [4.78, 5) is 12.7. The van der Waals surface area contributed by atoms with E-state index in [-0.39, 0.29) is 17.6 Å². The molecule has 1 heterocycles. The summed E-state index contributed by atoms with van der Waals surface area (Å²) in [5, 5.41) is 10.7. The Morgan fingerprint density at radius 3 is 2.52 bits per heavy atom. The molecule has 0 aromatic carbocycles. The van der Waals surface area contributed by atoms with Crippen LogP contribution in [0.3, 0.4) is 0 Å². The summed E-state index contributed by atoms with van der Waals surface area (Å²) >= 11 is 0. The molecule has 0 aromatic rings. The zero-order valence-electron chi connectivity index (χ0n) is 13.3. The van der Waals surface area contributed by atoms with Crippen LogP contribution in [0.5, 0.6) is 0 Å². The average Bonchev–Trinajstić information content (AvgIpc) is 3.27. The topological polar surface area (TPSA) is 46.5 Å². The second-order valence-electron chi connectivity index (χ2n) is 10.4. The molecule has 9 fully saturated rings. The average molecular weight is 312 g/mol. The molecule has 0 aromatic heterocycles. The second kappa shape index (κ2) is 3.19. The van der Waals surface area contributed by atoms with E-state index >= 15 is 0 Å². The summed E-state index contributed by atoms with van der Waals surface area (Å²) in [6.45, 7) is 0. The first-order valence-corrected chi connectivity index (χ1v) is 10.1. The number of aldehydes is 1. The van der Waals surface area contributed by atoms with E-state index < -0.39 is 0 Å². The molecule has 1 aliphatic heterocycles. The molecule has 0 radical (unpaired) electrons. The van der Waals surface area contributed by atoms with Crippen LogP contribution < -0.4 is 0 Å². The van der Waals surface area contributed by atoms with Crippen molar-refractivity contribution in [2.45, 2.75) is 44.0 Å². The predicted molar refractivity (Wildman–Crippen MR) is 80.0 cm³/mol. The van der Waals surface area contributed by atoms with E-state index in [4.69, 9.17) is 4.74 Å². The largest absolute Gasteiger partial charge is 0.393 e. The summed E-state index contributed by atoms with van der Waals surface area (Å²) in [7, 11) is 0. The van der Waals surface area contributed by atoms with Crippen molar-refractivity contribution in [3.63, 3.8) is 0 Å². The fourth-order valence-electron chi connectivity index (χ4n) is 11.3. The number of fused-ring (bicyclic) bond motifs is 1. The van der Waals surface area contributed by atoms with Crippen LogP contribution in [0.1, 0.15) is 25.7 Å². The second-order valence-corrected chi connectivity index (χ2v) is 10.4. The van der Waals surface area contributed by atoms with Gasteiger partial charge in [-0.05, 0) is 90.8 Å². The SMILES string of the molecule is O=C[C@@]12[C@@H]3[C@@H]4[C@H]([C@@H]5CC[C@@H](O)[C@@H]53)[C@@H]3[C@H]5[C@@H]4[C@@H]1[C@@H]1CC[C@@H](O[C@@H]32)[C@H]15. The molecular formula is C20H24O3. The van der Waals surface area contributed by atoms with Crippen molar-refractivity contribution < 1.29 is 14.6 Å². The van der Waals surface area contributed by atoms with E-state index in [9.17, 15) is 9.90 Å². The number of rotatable bonds is 1. The smallest absolute Gasteiger partial charge is 0.129 e. The third-order valence-electron chi connectivity index (χ3n) is 10.8. The highest BCUT2D eigenvalue weighted by Gasteiger charge is 2.90. The molecule has 3 heteroatoms. The monoisotopic (exact) mass is 312 g/mol. The number of carbonyl (C=O) groups excluding carboxylic acids is 1. The Balaban J connectivity index is 1.45. The molecule has 1 N–H and O–H groups in total. The van der Waals surface area contributed by atoms with Gasteiger partial charge in [-0.3, -0.25) is 0 Å². The van der Waals surface area contributed by atoms with Crippen LogP contribution in [0.2, 0.25) is 0 Å². The van der Waals surface area contributed by atoms with E-state index in [0.717, 1.165) is 41.9 Å². The van der Waals surface area contributed by atoms with Crippen LogP contribution in [0, 0.1) is 70.5 Å². The van der Waals surface area contributed by atoms with E-state index in [1.54, 1.807) is 0 Å². The third kappa shape index (κ3) is 0.852. The zero-order chi connectivity index (χ0) is 14.8. The van der Waals surface area contributed by atoms with Gasteiger partial charge in [-0.15, -0.1) is 0 Å². The zero-order valence-corrected chi connectivity index (χ0v) is 13.3. The van der Waals surface area contributed by atoms with Gasteiger partial charge in [0.1, 0.15) is 6.29 Å². The predicted octanol–water partition coefficient (Wildman–Crippen LogP) is 1.73. The Hall–Kier alpha value is -0.410. The summed E-state index contributed by atoms with van der Waals surface area (Å²) in [5.74, 6) is 7.76.